The summed E-state index contributed by atoms with van der Waals surface area (Å²) in [4.78, 5) is 0. The van der Waals surface area contributed by atoms with Gasteiger partial charge in [0.15, 0.2) is 0 Å². The van der Waals surface area contributed by atoms with Gasteiger partial charge in [0.2, 0.25) is 0 Å². The molecule has 0 aliphatic heterocycles. The van der Waals surface area contributed by atoms with E-state index in [2.05, 4.69) is 0 Å². The maximum atomic E-state index is 9.44. The highest BCUT2D eigenvalue weighted by Crippen LogP contribution is 2.39. The maximum absolute atomic E-state index is 9.44. The summed E-state index contributed by atoms with van der Waals surface area (Å²) in [6.45, 7) is 0. The van der Waals surface area contributed by atoms with Crippen molar-refractivity contribution >= 4 is 33.3 Å². The normalized spacial score (nSPS) is 11.3. The molecule has 0 aliphatic carbocycles. The second-order valence-electron chi connectivity index (χ2n) is 3.92. The fourth-order valence-electron chi connectivity index (χ4n) is 2.06. The average molecular weight is 230 g/mol. The molecule has 1 aromatic heterocycles. The highest BCUT2D eigenvalue weighted by Gasteiger charge is 2.14. The average Bonchev–Trinajstić information content (AvgIpc) is 2.55. The monoisotopic (exact) mass is 230 g/mol. The van der Waals surface area contributed by atoms with E-state index in [1.54, 1.807) is 0 Å². The quantitative estimate of drug-likeness (QED) is 0.443. The molecule has 6 N–H and O–H groups in total. The summed E-state index contributed by atoms with van der Waals surface area (Å²) in [6, 6.07) is 5.79. The minimum atomic E-state index is 0.0249. The molecule has 0 bridgehead atoms. The van der Waals surface area contributed by atoms with Crippen molar-refractivity contribution in [2.45, 2.75) is 0 Å². The van der Waals surface area contributed by atoms with Crippen molar-refractivity contribution in [3.05, 3.63) is 24.3 Å². The van der Waals surface area contributed by atoms with Crippen molar-refractivity contribution < 1.29 is 14.6 Å². The molecule has 3 rings (SSSR count). The number of hydrogen-bond acceptors (Lipinski definition) is 5. The third kappa shape index (κ3) is 1.25. The van der Waals surface area contributed by atoms with Crippen molar-refractivity contribution in [2.24, 2.45) is 0 Å². The molecule has 0 radical (unpaired) electrons. The first-order chi connectivity index (χ1) is 8.06. The van der Waals surface area contributed by atoms with Gasteiger partial charge in [-0.25, -0.2) is 0 Å². The van der Waals surface area contributed by atoms with E-state index in [1.165, 1.54) is 24.3 Å². The number of nitrogens with two attached hydrogens (primary N) is 2. The lowest BCUT2D eigenvalue weighted by Gasteiger charge is -2.00. The van der Waals surface area contributed by atoms with Crippen LogP contribution < -0.4 is 11.5 Å². The zero-order chi connectivity index (χ0) is 12.2. The number of fused-ring (bicyclic) bond motifs is 3. The van der Waals surface area contributed by atoms with Crippen LogP contribution in [0, 0.1) is 0 Å². The van der Waals surface area contributed by atoms with Gasteiger partial charge in [0, 0.05) is 35.6 Å². The van der Waals surface area contributed by atoms with Gasteiger partial charge in [-0.1, -0.05) is 0 Å². The summed E-state index contributed by atoms with van der Waals surface area (Å²) in [7, 11) is 0. The highest BCUT2D eigenvalue weighted by molar-refractivity contribution is 6.16. The maximum Gasteiger partial charge on any atom is 0.141 e. The van der Waals surface area contributed by atoms with E-state index in [0.29, 0.717) is 33.3 Å². The van der Waals surface area contributed by atoms with Crippen molar-refractivity contribution in [1.82, 2.24) is 0 Å². The number of phenolic OH excluding ortho intramolecular Hbond substituents is 2. The predicted molar refractivity (Wildman–Crippen MR) is 65.9 cm³/mol. The molecule has 2 aromatic carbocycles. The number of hydrogen-bond donors (Lipinski definition) is 4. The second kappa shape index (κ2) is 2.98. The smallest absolute Gasteiger partial charge is 0.141 e. The van der Waals surface area contributed by atoms with Gasteiger partial charge in [0.05, 0.1) is 10.8 Å². The molecule has 5 nitrogen and oxygen atoms in total. The fourth-order valence-corrected chi connectivity index (χ4v) is 2.06. The molecule has 0 amide bonds. The van der Waals surface area contributed by atoms with E-state index < -0.39 is 0 Å². The zero-order valence-electron chi connectivity index (χ0n) is 8.77. The van der Waals surface area contributed by atoms with Crippen LogP contribution in [0.1, 0.15) is 0 Å². The molecule has 0 unspecified atom stereocenters. The second-order valence-corrected chi connectivity index (χ2v) is 3.92. The lowest BCUT2D eigenvalue weighted by molar-refractivity contribution is 0.474. The van der Waals surface area contributed by atoms with E-state index in [0.717, 1.165) is 0 Å². The Bertz CT molecular complexity index is 684. The summed E-state index contributed by atoms with van der Waals surface area (Å²) in [6.07, 6.45) is 0. The van der Waals surface area contributed by atoms with Crippen LogP contribution in [0.15, 0.2) is 28.7 Å². The van der Waals surface area contributed by atoms with Crippen LogP contribution in [0.25, 0.3) is 21.9 Å². The van der Waals surface area contributed by atoms with Gasteiger partial charge in [-0.2, -0.15) is 0 Å². The Morgan fingerprint density at radius 2 is 1.18 bits per heavy atom. The molecule has 5 heteroatoms. The topological polar surface area (TPSA) is 106 Å². The van der Waals surface area contributed by atoms with Crippen LogP contribution in [-0.4, -0.2) is 10.2 Å². The molecule has 0 atom stereocenters. The minimum Gasteiger partial charge on any atom is -0.508 e. The van der Waals surface area contributed by atoms with Gasteiger partial charge < -0.3 is 26.1 Å². The molecular weight excluding hydrogens is 220 g/mol. The third-order valence-electron chi connectivity index (χ3n) is 2.70. The molecule has 0 spiro atoms. The van der Waals surface area contributed by atoms with Gasteiger partial charge in [-0.15, -0.1) is 0 Å². The Kier molecular flexibility index (Phi) is 1.69. The lowest BCUT2D eigenvalue weighted by atomic mass is 10.1. The van der Waals surface area contributed by atoms with Crippen LogP contribution in [0.2, 0.25) is 0 Å². The molecule has 0 fully saturated rings. The molecular formula is C12H10N2O3. The number of aromatic hydroxyl groups is 2. The van der Waals surface area contributed by atoms with Crippen molar-refractivity contribution in [1.29, 1.82) is 0 Å². The standard InChI is InChI=1S/C12H10N2O3/c13-7-1-5(15)3-9-11(7)12-8(14)2-6(16)4-10(12)17-9/h1-4,15-16H,13-14H2. The Morgan fingerprint density at radius 1 is 0.765 bits per heavy atom. The van der Waals surface area contributed by atoms with Crippen molar-refractivity contribution in [2.75, 3.05) is 11.5 Å². The Morgan fingerprint density at radius 3 is 1.59 bits per heavy atom. The first kappa shape index (κ1) is 9.65. The number of furan rings is 1. The summed E-state index contributed by atoms with van der Waals surface area (Å²) >= 11 is 0. The largest absolute Gasteiger partial charge is 0.508 e. The first-order valence-electron chi connectivity index (χ1n) is 4.99. The van der Waals surface area contributed by atoms with Crippen LogP contribution in [0.3, 0.4) is 0 Å². The number of nitrogen functional groups attached to an aromatic ring is 2. The zero-order valence-corrected chi connectivity index (χ0v) is 8.77. The van der Waals surface area contributed by atoms with E-state index >= 15 is 0 Å². The van der Waals surface area contributed by atoms with Crippen LogP contribution in [-0.2, 0) is 0 Å². The van der Waals surface area contributed by atoms with Gasteiger partial charge in [-0.05, 0) is 0 Å². The van der Waals surface area contributed by atoms with Crippen LogP contribution in [0.4, 0.5) is 11.4 Å². The minimum absolute atomic E-state index is 0.0249. The molecule has 3 aromatic rings. The van der Waals surface area contributed by atoms with Gasteiger partial charge in [0.25, 0.3) is 0 Å². The van der Waals surface area contributed by atoms with Crippen LogP contribution in [0.5, 0.6) is 11.5 Å². The summed E-state index contributed by atoms with van der Waals surface area (Å²) < 4.78 is 5.50. The van der Waals surface area contributed by atoms with E-state index in [1.807, 2.05) is 0 Å². The van der Waals surface area contributed by atoms with Gasteiger partial charge >= 0.3 is 0 Å². The van der Waals surface area contributed by atoms with Crippen LogP contribution >= 0.6 is 0 Å². The number of rotatable bonds is 0. The molecule has 86 valence electrons. The van der Waals surface area contributed by atoms with Gasteiger partial charge in [0.1, 0.15) is 22.7 Å². The molecule has 0 saturated heterocycles. The third-order valence-corrected chi connectivity index (χ3v) is 2.70. The molecule has 0 aliphatic rings. The fraction of sp³-hybridized carbons (Fsp3) is 0. The summed E-state index contributed by atoms with van der Waals surface area (Å²) in [5.41, 5.74) is 13.3. The molecule has 0 saturated carbocycles. The van der Waals surface area contributed by atoms with E-state index in [4.69, 9.17) is 15.9 Å². The predicted octanol–water partition coefficient (Wildman–Crippen LogP) is 2.16. The Labute approximate surface area is 95.9 Å². The number of phenols is 2. The van der Waals surface area contributed by atoms with Crippen molar-refractivity contribution in [3.63, 3.8) is 0 Å². The summed E-state index contributed by atoms with van der Waals surface area (Å²) in [5, 5.41) is 20.2. The molecule has 17 heavy (non-hydrogen) atoms. The van der Waals surface area contributed by atoms with E-state index in [9.17, 15) is 10.2 Å². The lowest BCUT2D eigenvalue weighted by Crippen LogP contribution is -1.88. The number of anilines is 2. The van der Waals surface area contributed by atoms with Crippen molar-refractivity contribution in [3.8, 4) is 11.5 Å². The highest BCUT2D eigenvalue weighted by atomic mass is 16.3. The molecule has 1 heterocycles. The summed E-state index contributed by atoms with van der Waals surface area (Å²) in [5.74, 6) is 0.0497. The Hall–Kier alpha value is -2.56. The Balaban J connectivity index is 2.60. The van der Waals surface area contributed by atoms with Gasteiger partial charge in [-0.3, -0.25) is 0 Å². The van der Waals surface area contributed by atoms with E-state index in [-0.39, 0.29) is 11.5 Å². The number of benzene rings is 2. The SMILES string of the molecule is Nc1cc(O)cc2oc3cc(O)cc(N)c3c12. The first-order valence-corrected chi connectivity index (χ1v) is 4.99.